The Kier molecular flexibility index (Phi) is 2.88. The summed E-state index contributed by atoms with van der Waals surface area (Å²) in [5.41, 5.74) is 3.98. The highest BCUT2D eigenvalue weighted by Crippen LogP contribution is 2.47. The fraction of sp³-hybridized carbons (Fsp3) is 0.556. The standard InChI is InChI=1S/C18H23NO/c1-11(2)14-4-3-5-15-17(12-6-7-12)16(20-18(14)15)10-19-13-8-9-13/h3-5,11-13,19H,6-10H2,1-2H3. The quantitative estimate of drug-likeness (QED) is 0.852. The number of fused-ring (bicyclic) bond motifs is 1. The SMILES string of the molecule is CC(C)c1cccc2c(C3CC3)c(CNC3CC3)oc12. The highest BCUT2D eigenvalue weighted by Gasteiger charge is 2.32. The van der Waals surface area contributed by atoms with Gasteiger partial charge in [0, 0.05) is 17.0 Å². The Balaban J connectivity index is 1.79. The van der Waals surface area contributed by atoms with E-state index in [1.165, 1.54) is 48.0 Å². The van der Waals surface area contributed by atoms with E-state index in [4.69, 9.17) is 4.42 Å². The van der Waals surface area contributed by atoms with E-state index in [2.05, 4.69) is 37.4 Å². The first-order chi connectivity index (χ1) is 9.74. The molecule has 106 valence electrons. The minimum absolute atomic E-state index is 0.515. The Bertz CT molecular complexity index is 632. The van der Waals surface area contributed by atoms with E-state index >= 15 is 0 Å². The van der Waals surface area contributed by atoms with E-state index in [-0.39, 0.29) is 0 Å². The summed E-state index contributed by atoms with van der Waals surface area (Å²) in [6.45, 7) is 5.40. The molecule has 2 fully saturated rings. The average Bonchev–Trinajstić information content (AvgIpc) is 3.33. The normalized spacial score (nSPS) is 19.1. The maximum absolute atomic E-state index is 6.31. The average molecular weight is 269 g/mol. The molecule has 0 saturated heterocycles. The highest BCUT2D eigenvalue weighted by atomic mass is 16.3. The van der Waals surface area contributed by atoms with Gasteiger partial charge >= 0.3 is 0 Å². The van der Waals surface area contributed by atoms with Crippen LogP contribution in [0.5, 0.6) is 0 Å². The van der Waals surface area contributed by atoms with Crippen molar-refractivity contribution in [3.05, 3.63) is 35.1 Å². The maximum Gasteiger partial charge on any atom is 0.138 e. The van der Waals surface area contributed by atoms with Crippen LogP contribution in [-0.4, -0.2) is 6.04 Å². The molecule has 0 radical (unpaired) electrons. The van der Waals surface area contributed by atoms with Gasteiger partial charge in [-0.25, -0.2) is 0 Å². The molecule has 0 spiro atoms. The van der Waals surface area contributed by atoms with Crippen LogP contribution in [0.15, 0.2) is 22.6 Å². The van der Waals surface area contributed by atoms with Crippen molar-refractivity contribution in [2.24, 2.45) is 0 Å². The van der Waals surface area contributed by atoms with Gasteiger partial charge in [0.1, 0.15) is 11.3 Å². The molecule has 2 aromatic rings. The first-order valence-electron chi connectivity index (χ1n) is 8.01. The molecule has 0 atom stereocenters. The van der Waals surface area contributed by atoms with Gasteiger partial charge < -0.3 is 9.73 Å². The van der Waals surface area contributed by atoms with Crippen molar-refractivity contribution < 1.29 is 4.42 Å². The molecule has 1 N–H and O–H groups in total. The van der Waals surface area contributed by atoms with Gasteiger partial charge in [-0.2, -0.15) is 0 Å². The number of furan rings is 1. The van der Waals surface area contributed by atoms with Crippen LogP contribution in [0.3, 0.4) is 0 Å². The van der Waals surface area contributed by atoms with E-state index in [1.807, 2.05) is 0 Å². The summed E-state index contributed by atoms with van der Waals surface area (Å²) in [5.74, 6) is 2.46. The summed E-state index contributed by atoms with van der Waals surface area (Å²) in [5, 5.41) is 4.98. The third-order valence-electron chi connectivity index (χ3n) is 4.60. The Morgan fingerprint density at radius 1 is 1.20 bits per heavy atom. The van der Waals surface area contributed by atoms with Crippen LogP contribution < -0.4 is 5.32 Å². The smallest absolute Gasteiger partial charge is 0.138 e. The van der Waals surface area contributed by atoms with E-state index in [9.17, 15) is 0 Å². The summed E-state index contributed by atoms with van der Waals surface area (Å²) < 4.78 is 6.31. The number of benzene rings is 1. The minimum Gasteiger partial charge on any atom is -0.459 e. The zero-order valence-corrected chi connectivity index (χ0v) is 12.4. The molecule has 0 amide bonds. The van der Waals surface area contributed by atoms with E-state index in [0.29, 0.717) is 5.92 Å². The maximum atomic E-state index is 6.31. The number of para-hydroxylation sites is 1. The number of nitrogens with one attached hydrogen (secondary N) is 1. The van der Waals surface area contributed by atoms with Crippen LogP contribution in [0.1, 0.15) is 68.3 Å². The van der Waals surface area contributed by atoms with Gasteiger partial charge in [0.05, 0.1) is 6.54 Å². The van der Waals surface area contributed by atoms with Crippen molar-refractivity contribution in [1.29, 1.82) is 0 Å². The summed E-state index contributed by atoms with van der Waals surface area (Å²) >= 11 is 0. The second-order valence-corrected chi connectivity index (χ2v) is 6.75. The van der Waals surface area contributed by atoms with Crippen LogP contribution in [0.2, 0.25) is 0 Å². The molecule has 20 heavy (non-hydrogen) atoms. The van der Waals surface area contributed by atoms with Crippen molar-refractivity contribution in [3.8, 4) is 0 Å². The third kappa shape index (κ3) is 2.16. The predicted molar refractivity (Wildman–Crippen MR) is 82.1 cm³/mol. The largest absolute Gasteiger partial charge is 0.459 e. The molecule has 0 bridgehead atoms. The Morgan fingerprint density at radius 2 is 2.00 bits per heavy atom. The van der Waals surface area contributed by atoms with Crippen molar-refractivity contribution in [1.82, 2.24) is 5.32 Å². The van der Waals surface area contributed by atoms with Crippen molar-refractivity contribution in [2.75, 3.05) is 0 Å². The first kappa shape index (κ1) is 12.5. The molecule has 2 nitrogen and oxygen atoms in total. The molecule has 0 aliphatic heterocycles. The molecule has 2 saturated carbocycles. The van der Waals surface area contributed by atoms with Crippen LogP contribution >= 0.6 is 0 Å². The summed E-state index contributed by atoms with van der Waals surface area (Å²) in [6.07, 6.45) is 5.32. The van der Waals surface area contributed by atoms with E-state index in [0.717, 1.165) is 24.1 Å². The molecular weight excluding hydrogens is 246 g/mol. The molecule has 0 unspecified atom stereocenters. The highest BCUT2D eigenvalue weighted by molar-refractivity contribution is 5.86. The van der Waals surface area contributed by atoms with Crippen LogP contribution in [0.25, 0.3) is 11.0 Å². The van der Waals surface area contributed by atoms with E-state index < -0.39 is 0 Å². The van der Waals surface area contributed by atoms with Gasteiger partial charge in [0.2, 0.25) is 0 Å². The molecule has 1 aromatic carbocycles. The van der Waals surface area contributed by atoms with Gasteiger partial charge in [0.15, 0.2) is 0 Å². The molecule has 2 aliphatic carbocycles. The molecule has 2 aliphatic rings. The van der Waals surface area contributed by atoms with Gasteiger partial charge in [-0.3, -0.25) is 0 Å². The predicted octanol–water partition coefficient (Wildman–Crippen LogP) is 4.69. The molecule has 1 heterocycles. The lowest BCUT2D eigenvalue weighted by Gasteiger charge is -2.05. The first-order valence-corrected chi connectivity index (χ1v) is 8.01. The van der Waals surface area contributed by atoms with Crippen molar-refractivity contribution in [3.63, 3.8) is 0 Å². The van der Waals surface area contributed by atoms with Crippen LogP contribution in [0, 0.1) is 0 Å². The lowest BCUT2D eigenvalue weighted by molar-refractivity contribution is 0.503. The molecular formula is C18H23NO. The number of hydrogen-bond acceptors (Lipinski definition) is 2. The summed E-state index contributed by atoms with van der Waals surface area (Å²) in [6, 6.07) is 7.39. The van der Waals surface area contributed by atoms with Crippen LogP contribution in [-0.2, 0) is 6.54 Å². The zero-order chi connectivity index (χ0) is 13.7. The monoisotopic (exact) mass is 269 g/mol. The van der Waals surface area contributed by atoms with Gasteiger partial charge in [0.25, 0.3) is 0 Å². The lowest BCUT2D eigenvalue weighted by Crippen LogP contribution is -2.15. The van der Waals surface area contributed by atoms with Gasteiger partial charge in [-0.1, -0.05) is 32.0 Å². The second kappa shape index (κ2) is 4.63. The van der Waals surface area contributed by atoms with Crippen LogP contribution in [0.4, 0.5) is 0 Å². The third-order valence-corrected chi connectivity index (χ3v) is 4.60. The topological polar surface area (TPSA) is 25.2 Å². The Labute approximate surface area is 120 Å². The fourth-order valence-electron chi connectivity index (χ4n) is 3.14. The Hall–Kier alpha value is -1.28. The minimum atomic E-state index is 0.515. The second-order valence-electron chi connectivity index (χ2n) is 6.75. The summed E-state index contributed by atoms with van der Waals surface area (Å²) in [4.78, 5) is 0. The van der Waals surface area contributed by atoms with Crippen molar-refractivity contribution in [2.45, 2.75) is 64.0 Å². The number of hydrogen-bond donors (Lipinski definition) is 1. The lowest BCUT2D eigenvalue weighted by atomic mass is 9.98. The molecule has 2 heteroatoms. The molecule has 1 aromatic heterocycles. The van der Waals surface area contributed by atoms with Gasteiger partial charge in [-0.15, -0.1) is 0 Å². The molecule has 4 rings (SSSR count). The van der Waals surface area contributed by atoms with Gasteiger partial charge in [-0.05, 0) is 43.1 Å². The Morgan fingerprint density at radius 3 is 2.65 bits per heavy atom. The fourth-order valence-corrected chi connectivity index (χ4v) is 3.14. The van der Waals surface area contributed by atoms with E-state index in [1.54, 1.807) is 0 Å². The zero-order valence-electron chi connectivity index (χ0n) is 12.4. The summed E-state index contributed by atoms with van der Waals surface area (Å²) in [7, 11) is 0. The number of rotatable bonds is 5. The van der Waals surface area contributed by atoms with Crippen molar-refractivity contribution >= 4 is 11.0 Å².